The average Bonchev–Trinajstić information content (AvgIpc) is 2.84. The van der Waals surface area contributed by atoms with Gasteiger partial charge in [0.25, 0.3) is 0 Å². The quantitative estimate of drug-likeness (QED) is 0.526. The van der Waals surface area contributed by atoms with Gasteiger partial charge in [0.05, 0.1) is 6.54 Å². The van der Waals surface area contributed by atoms with Crippen LogP contribution in [0.15, 0.2) is 4.99 Å². The van der Waals surface area contributed by atoms with E-state index >= 15 is 0 Å². The van der Waals surface area contributed by atoms with Crippen LogP contribution >= 0.6 is 0 Å². The Bertz CT molecular complexity index is 370. The summed E-state index contributed by atoms with van der Waals surface area (Å²) in [4.78, 5) is 9.86. The first-order valence-electron chi connectivity index (χ1n) is 9.80. The molecular formula is C19H41N5. The predicted molar refractivity (Wildman–Crippen MR) is 106 cm³/mol. The average molecular weight is 340 g/mol. The van der Waals surface area contributed by atoms with Gasteiger partial charge in [-0.3, -0.25) is 14.8 Å². The Hall–Kier alpha value is -0.810. The van der Waals surface area contributed by atoms with Gasteiger partial charge in [-0.2, -0.15) is 0 Å². The molecule has 0 bridgehead atoms. The lowest BCUT2D eigenvalue weighted by Crippen LogP contribution is -2.47. The van der Waals surface area contributed by atoms with E-state index < -0.39 is 0 Å². The van der Waals surface area contributed by atoms with Crippen molar-refractivity contribution in [2.45, 2.75) is 79.6 Å². The minimum atomic E-state index is 0.483. The zero-order valence-electron chi connectivity index (χ0n) is 17.3. The van der Waals surface area contributed by atoms with E-state index in [1.807, 2.05) is 0 Å². The maximum absolute atomic E-state index is 4.82. The second-order valence-corrected chi connectivity index (χ2v) is 7.96. The molecule has 0 aromatic rings. The van der Waals surface area contributed by atoms with Crippen LogP contribution in [0.5, 0.6) is 0 Å². The van der Waals surface area contributed by atoms with Crippen molar-refractivity contribution in [3.63, 3.8) is 0 Å². The van der Waals surface area contributed by atoms with Gasteiger partial charge in [0.1, 0.15) is 0 Å². The molecule has 2 unspecified atom stereocenters. The molecule has 5 heteroatoms. The van der Waals surface area contributed by atoms with Gasteiger partial charge in [0.15, 0.2) is 5.96 Å². The third kappa shape index (κ3) is 6.60. The highest BCUT2D eigenvalue weighted by Gasteiger charge is 2.31. The van der Waals surface area contributed by atoms with Crippen molar-refractivity contribution in [2.24, 2.45) is 10.9 Å². The van der Waals surface area contributed by atoms with Crippen molar-refractivity contribution in [3.8, 4) is 0 Å². The number of rotatable bonds is 8. The van der Waals surface area contributed by atoms with Crippen molar-refractivity contribution >= 4 is 5.96 Å². The monoisotopic (exact) mass is 339 g/mol. The number of guanidine groups is 1. The minimum Gasteiger partial charge on any atom is -0.357 e. The van der Waals surface area contributed by atoms with Crippen LogP contribution in [0, 0.1) is 5.92 Å². The Balaban J connectivity index is 2.60. The number of aliphatic imine (C=N–C) groups is 1. The molecule has 0 spiro atoms. The molecular weight excluding hydrogens is 298 g/mol. The molecule has 1 aliphatic heterocycles. The van der Waals surface area contributed by atoms with E-state index in [1.54, 1.807) is 0 Å². The lowest BCUT2D eigenvalue weighted by Gasteiger charge is -2.30. The van der Waals surface area contributed by atoms with Crippen molar-refractivity contribution in [2.75, 3.05) is 32.7 Å². The lowest BCUT2D eigenvalue weighted by atomic mass is 10.1. The zero-order chi connectivity index (χ0) is 18.3. The summed E-state index contributed by atoms with van der Waals surface area (Å²) in [6.07, 6.45) is 0. The predicted octanol–water partition coefficient (Wildman–Crippen LogP) is 2.39. The van der Waals surface area contributed by atoms with Gasteiger partial charge >= 0.3 is 0 Å². The van der Waals surface area contributed by atoms with E-state index in [0.29, 0.717) is 30.1 Å². The Morgan fingerprint density at radius 1 is 1.12 bits per heavy atom. The second-order valence-electron chi connectivity index (χ2n) is 7.96. The van der Waals surface area contributed by atoms with E-state index in [-0.39, 0.29) is 0 Å². The number of hydrogen-bond donors (Lipinski definition) is 2. The van der Waals surface area contributed by atoms with Gasteiger partial charge in [-0.25, -0.2) is 0 Å². The third-order valence-corrected chi connectivity index (χ3v) is 4.99. The van der Waals surface area contributed by atoms with E-state index in [2.05, 4.69) is 75.8 Å². The molecule has 0 radical (unpaired) electrons. The zero-order valence-corrected chi connectivity index (χ0v) is 17.3. The molecule has 1 fully saturated rings. The number of nitrogens with one attached hydrogen (secondary N) is 2. The lowest BCUT2D eigenvalue weighted by molar-refractivity contribution is 0.181. The van der Waals surface area contributed by atoms with Gasteiger partial charge < -0.3 is 10.6 Å². The van der Waals surface area contributed by atoms with E-state index in [0.717, 1.165) is 32.1 Å². The fraction of sp³-hybridized carbons (Fsp3) is 0.947. The maximum atomic E-state index is 4.82. The van der Waals surface area contributed by atoms with Crippen molar-refractivity contribution in [1.82, 2.24) is 20.4 Å². The SMILES string of the molecule is CCNC(=NCCN(C(C)C)C(C)C)NC1CN(C(C)C)CC1C. The molecule has 142 valence electrons. The van der Waals surface area contributed by atoms with Gasteiger partial charge in [-0.15, -0.1) is 0 Å². The third-order valence-electron chi connectivity index (χ3n) is 4.99. The van der Waals surface area contributed by atoms with Crippen molar-refractivity contribution in [1.29, 1.82) is 0 Å². The van der Waals surface area contributed by atoms with Crippen LogP contribution in [0.25, 0.3) is 0 Å². The normalized spacial score (nSPS) is 23.1. The molecule has 24 heavy (non-hydrogen) atoms. The fourth-order valence-corrected chi connectivity index (χ4v) is 3.50. The van der Waals surface area contributed by atoms with Crippen LogP contribution in [-0.2, 0) is 0 Å². The summed E-state index contributed by atoms with van der Waals surface area (Å²) in [7, 11) is 0. The highest BCUT2D eigenvalue weighted by atomic mass is 15.3. The highest BCUT2D eigenvalue weighted by Crippen LogP contribution is 2.18. The Morgan fingerprint density at radius 3 is 2.21 bits per heavy atom. The topological polar surface area (TPSA) is 42.9 Å². The summed E-state index contributed by atoms with van der Waals surface area (Å²) in [5.41, 5.74) is 0. The number of hydrogen-bond acceptors (Lipinski definition) is 3. The molecule has 0 aliphatic carbocycles. The molecule has 0 saturated carbocycles. The Morgan fingerprint density at radius 2 is 1.75 bits per heavy atom. The molecule has 0 aromatic carbocycles. The summed E-state index contributed by atoms with van der Waals surface area (Å²) in [6, 6.07) is 2.22. The highest BCUT2D eigenvalue weighted by molar-refractivity contribution is 5.80. The van der Waals surface area contributed by atoms with Crippen LogP contribution in [0.2, 0.25) is 0 Å². The van der Waals surface area contributed by atoms with Crippen LogP contribution in [0.1, 0.15) is 55.4 Å². The number of likely N-dealkylation sites (tertiary alicyclic amines) is 1. The van der Waals surface area contributed by atoms with Crippen LogP contribution in [0.4, 0.5) is 0 Å². The summed E-state index contributed by atoms with van der Waals surface area (Å²) in [5, 5.41) is 7.07. The molecule has 0 aromatic heterocycles. The molecule has 1 rings (SSSR count). The summed E-state index contributed by atoms with van der Waals surface area (Å²) >= 11 is 0. The van der Waals surface area contributed by atoms with Crippen molar-refractivity contribution in [3.05, 3.63) is 0 Å². The standard InChI is InChI=1S/C19H41N5/c1-9-20-19(21-10-11-24(15(4)5)16(6)7)22-18-13-23(14(2)3)12-17(18)8/h14-18H,9-13H2,1-8H3,(H2,20,21,22). The summed E-state index contributed by atoms with van der Waals surface area (Å²) in [6.45, 7) is 23.1. The minimum absolute atomic E-state index is 0.483. The Labute approximate surface area is 150 Å². The first kappa shape index (κ1) is 21.2. The largest absolute Gasteiger partial charge is 0.357 e. The second kappa shape index (κ2) is 10.2. The van der Waals surface area contributed by atoms with E-state index in [1.165, 1.54) is 6.54 Å². The molecule has 2 N–H and O–H groups in total. The number of nitrogens with zero attached hydrogens (tertiary/aromatic N) is 3. The summed E-state index contributed by atoms with van der Waals surface area (Å²) < 4.78 is 0. The van der Waals surface area contributed by atoms with Gasteiger partial charge in [-0.05, 0) is 54.4 Å². The molecule has 1 heterocycles. The van der Waals surface area contributed by atoms with Gasteiger partial charge in [-0.1, -0.05) is 6.92 Å². The molecule has 5 nitrogen and oxygen atoms in total. The summed E-state index contributed by atoms with van der Waals surface area (Å²) in [5.74, 6) is 1.62. The molecule has 1 saturated heterocycles. The molecule has 2 atom stereocenters. The first-order valence-corrected chi connectivity index (χ1v) is 9.80. The van der Waals surface area contributed by atoms with Crippen LogP contribution < -0.4 is 10.6 Å². The van der Waals surface area contributed by atoms with Crippen molar-refractivity contribution < 1.29 is 0 Å². The Kier molecular flexibility index (Phi) is 9.06. The smallest absolute Gasteiger partial charge is 0.191 e. The van der Waals surface area contributed by atoms with E-state index in [9.17, 15) is 0 Å². The maximum Gasteiger partial charge on any atom is 0.191 e. The molecule has 1 aliphatic rings. The first-order chi connectivity index (χ1) is 11.3. The van der Waals surface area contributed by atoms with Crippen LogP contribution in [-0.4, -0.2) is 72.7 Å². The van der Waals surface area contributed by atoms with Gasteiger partial charge in [0, 0.05) is 50.3 Å². The fourth-order valence-electron chi connectivity index (χ4n) is 3.50. The van der Waals surface area contributed by atoms with E-state index in [4.69, 9.17) is 4.99 Å². The van der Waals surface area contributed by atoms with Crippen LogP contribution in [0.3, 0.4) is 0 Å². The van der Waals surface area contributed by atoms with Gasteiger partial charge in [0.2, 0.25) is 0 Å². The molecule has 0 amide bonds.